The summed E-state index contributed by atoms with van der Waals surface area (Å²) >= 11 is 6.37. The van der Waals surface area contributed by atoms with Gasteiger partial charge in [0.25, 0.3) is 0 Å². The van der Waals surface area contributed by atoms with Crippen LogP contribution in [0.5, 0.6) is 0 Å². The van der Waals surface area contributed by atoms with Crippen LogP contribution in [0.2, 0.25) is 5.02 Å². The first-order valence-electron chi connectivity index (χ1n) is 9.34. The number of rotatable bonds is 6. The largest absolute Gasteiger partial charge is 0.385 e. The molecular formula is C21H22ClFN6. The lowest BCUT2D eigenvalue weighted by Gasteiger charge is -2.16. The number of anilines is 2. The van der Waals surface area contributed by atoms with E-state index >= 15 is 0 Å². The van der Waals surface area contributed by atoms with Gasteiger partial charge in [0.2, 0.25) is 0 Å². The second kappa shape index (κ2) is 7.85. The molecule has 0 saturated heterocycles. The molecule has 150 valence electrons. The second-order valence-electron chi connectivity index (χ2n) is 7.22. The van der Waals surface area contributed by atoms with Crippen molar-refractivity contribution in [2.75, 3.05) is 38.2 Å². The van der Waals surface area contributed by atoms with Gasteiger partial charge in [-0.3, -0.25) is 4.40 Å². The van der Waals surface area contributed by atoms with Crippen LogP contribution in [0.15, 0.2) is 42.9 Å². The lowest BCUT2D eigenvalue weighted by molar-refractivity contribution is 0.405. The van der Waals surface area contributed by atoms with Crippen LogP contribution < -0.4 is 11.1 Å². The van der Waals surface area contributed by atoms with E-state index in [1.54, 1.807) is 24.7 Å². The predicted molar refractivity (Wildman–Crippen MR) is 117 cm³/mol. The van der Waals surface area contributed by atoms with Gasteiger partial charge in [-0.25, -0.2) is 14.4 Å². The summed E-state index contributed by atoms with van der Waals surface area (Å²) in [6.07, 6.45) is 4.31. The third-order valence-corrected chi connectivity index (χ3v) is 5.14. The Labute approximate surface area is 173 Å². The molecular weight excluding hydrogens is 391 g/mol. The molecule has 0 aliphatic carbocycles. The molecule has 29 heavy (non-hydrogen) atoms. The van der Waals surface area contributed by atoms with E-state index in [4.69, 9.17) is 17.3 Å². The Morgan fingerprint density at radius 3 is 2.83 bits per heavy atom. The molecule has 8 heteroatoms. The molecule has 6 nitrogen and oxygen atoms in total. The van der Waals surface area contributed by atoms with Crippen LogP contribution in [0.25, 0.3) is 27.7 Å². The van der Waals surface area contributed by atoms with E-state index in [1.807, 2.05) is 30.6 Å². The molecule has 0 bridgehead atoms. The lowest BCUT2D eigenvalue weighted by atomic mass is 10.0. The van der Waals surface area contributed by atoms with Gasteiger partial charge in [-0.05, 0) is 51.3 Å². The molecule has 0 spiro atoms. The van der Waals surface area contributed by atoms with Gasteiger partial charge in [-0.15, -0.1) is 0 Å². The maximum Gasteiger partial charge on any atom is 0.150 e. The predicted octanol–water partition coefficient (Wildman–Crippen LogP) is 4.29. The Balaban J connectivity index is 1.91. The van der Waals surface area contributed by atoms with Crippen molar-refractivity contribution in [1.29, 1.82) is 0 Å². The first kappa shape index (κ1) is 19.4. The van der Waals surface area contributed by atoms with Crippen LogP contribution in [0.4, 0.5) is 15.9 Å². The SMILES string of the molecule is CN(C)CCCNc1cc(-c2c(F)cccc2Cl)c2nc(N)c3cncn3c2c1. The standard InChI is InChI=1S/C21H22ClFN6/c1-28(2)8-4-7-26-13-9-14(19-15(22)5-3-6-16(19)23)20-17(10-13)29-12-25-11-18(29)21(24)27-20/h3,5-6,9-12,26H,4,7-8H2,1-2H3,(H2,24,27). The summed E-state index contributed by atoms with van der Waals surface area (Å²) in [5.74, 6) is -0.0786. The minimum absolute atomic E-state index is 0.308. The minimum Gasteiger partial charge on any atom is -0.385 e. The molecule has 4 rings (SSSR count). The highest BCUT2D eigenvalue weighted by molar-refractivity contribution is 6.33. The minimum atomic E-state index is -0.408. The number of fused-ring (bicyclic) bond motifs is 3. The van der Waals surface area contributed by atoms with Gasteiger partial charge in [-0.1, -0.05) is 17.7 Å². The summed E-state index contributed by atoms with van der Waals surface area (Å²) < 4.78 is 16.6. The van der Waals surface area contributed by atoms with Crippen molar-refractivity contribution in [3.8, 4) is 11.1 Å². The molecule has 3 N–H and O–H groups in total. The number of imidazole rings is 1. The second-order valence-corrected chi connectivity index (χ2v) is 7.62. The molecule has 0 fully saturated rings. The first-order valence-corrected chi connectivity index (χ1v) is 9.72. The van der Waals surface area contributed by atoms with E-state index < -0.39 is 5.82 Å². The number of hydrogen-bond acceptors (Lipinski definition) is 5. The molecule has 0 radical (unpaired) electrons. The summed E-state index contributed by atoms with van der Waals surface area (Å²) in [6.45, 7) is 1.75. The number of nitrogens with zero attached hydrogens (tertiary/aromatic N) is 4. The van der Waals surface area contributed by atoms with Crippen LogP contribution in [0.3, 0.4) is 0 Å². The zero-order chi connectivity index (χ0) is 20.5. The van der Waals surface area contributed by atoms with Crippen molar-refractivity contribution >= 4 is 39.7 Å². The summed E-state index contributed by atoms with van der Waals surface area (Å²) in [4.78, 5) is 10.9. The molecule has 2 aromatic carbocycles. The molecule has 0 amide bonds. The van der Waals surface area contributed by atoms with Crippen LogP contribution >= 0.6 is 11.6 Å². The van der Waals surface area contributed by atoms with Crippen molar-refractivity contribution in [2.24, 2.45) is 0 Å². The van der Waals surface area contributed by atoms with Gasteiger partial charge >= 0.3 is 0 Å². The third kappa shape index (κ3) is 3.71. The Morgan fingerprint density at radius 2 is 2.07 bits per heavy atom. The Kier molecular flexibility index (Phi) is 5.25. The molecule has 4 aromatic rings. The average Bonchev–Trinajstić information content (AvgIpc) is 3.16. The zero-order valence-electron chi connectivity index (χ0n) is 16.3. The summed E-state index contributed by atoms with van der Waals surface area (Å²) in [5.41, 5.74) is 9.93. The number of hydrogen-bond donors (Lipinski definition) is 2. The van der Waals surface area contributed by atoms with E-state index in [0.717, 1.165) is 30.7 Å². The average molecular weight is 413 g/mol. The van der Waals surface area contributed by atoms with Gasteiger partial charge in [0.05, 0.1) is 28.6 Å². The fourth-order valence-corrected chi connectivity index (χ4v) is 3.72. The Bertz CT molecular complexity index is 1170. The summed E-state index contributed by atoms with van der Waals surface area (Å²) in [6, 6.07) is 8.50. The zero-order valence-corrected chi connectivity index (χ0v) is 17.0. The van der Waals surface area contributed by atoms with Gasteiger partial charge in [0.15, 0.2) is 0 Å². The maximum absolute atomic E-state index is 14.8. The molecule has 0 aliphatic heterocycles. The summed E-state index contributed by atoms with van der Waals surface area (Å²) in [7, 11) is 4.08. The monoisotopic (exact) mass is 412 g/mol. The van der Waals surface area contributed by atoms with Crippen molar-refractivity contribution in [3.63, 3.8) is 0 Å². The first-order chi connectivity index (χ1) is 14.0. The van der Waals surface area contributed by atoms with Gasteiger partial charge in [0.1, 0.15) is 17.2 Å². The van der Waals surface area contributed by atoms with Gasteiger partial charge in [-0.2, -0.15) is 0 Å². The van der Waals surface area contributed by atoms with Crippen LogP contribution in [0.1, 0.15) is 6.42 Å². The van der Waals surface area contributed by atoms with Gasteiger partial charge < -0.3 is 16.0 Å². The smallest absolute Gasteiger partial charge is 0.150 e. The highest BCUT2D eigenvalue weighted by Gasteiger charge is 2.18. The number of nitrogens with two attached hydrogens (primary N) is 1. The molecule has 2 heterocycles. The van der Waals surface area contributed by atoms with Gasteiger partial charge in [0, 0.05) is 23.4 Å². The number of nitrogens with one attached hydrogen (secondary N) is 1. The normalized spacial score (nSPS) is 11.6. The van der Waals surface area contributed by atoms with Crippen molar-refractivity contribution < 1.29 is 4.39 Å². The van der Waals surface area contributed by atoms with Crippen LogP contribution in [-0.4, -0.2) is 46.5 Å². The van der Waals surface area contributed by atoms with Crippen molar-refractivity contribution in [2.45, 2.75) is 6.42 Å². The number of halogens is 2. The Morgan fingerprint density at radius 1 is 1.24 bits per heavy atom. The lowest BCUT2D eigenvalue weighted by Crippen LogP contribution is -2.16. The molecule has 0 atom stereocenters. The molecule has 0 saturated carbocycles. The van der Waals surface area contributed by atoms with E-state index in [2.05, 4.69) is 20.2 Å². The number of benzene rings is 2. The maximum atomic E-state index is 14.8. The van der Waals surface area contributed by atoms with E-state index in [9.17, 15) is 4.39 Å². The molecule has 2 aromatic heterocycles. The molecule has 0 unspecified atom stereocenters. The molecule has 0 aliphatic rings. The van der Waals surface area contributed by atoms with Crippen LogP contribution in [0, 0.1) is 5.82 Å². The van der Waals surface area contributed by atoms with E-state index in [0.29, 0.717) is 33.0 Å². The highest BCUT2D eigenvalue weighted by atomic mass is 35.5. The highest BCUT2D eigenvalue weighted by Crippen LogP contribution is 2.37. The fraction of sp³-hybridized carbons (Fsp3) is 0.238. The Hall–Kier alpha value is -2.90. The topological polar surface area (TPSA) is 71.5 Å². The number of nitrogen functional groups attached to an aromatic ring is 1. The van der Waals surface area contributed by atoms with Crippen LogP contribution in [-0.2, 0) is 0 Å². The number of aromatic nitrogens is 3. The van der Waals surface area contributed by atoms with E-state index in [1.165, 1.54) is 6.07 Å². The fourth-order valence-electron chi connectivity index (χ4n) is 3.45. The van der Waals surface area contributed by atoms with E-state index in [-0.39, 0.29) is 0 Å². The quantitative estimate of drug-likeness (QED) is 0.462. The van der Waals surface area contributed by atoms with Crippen molar-refractivity contribution in [3.05, 3.63) is 53.7 Å². The summed E-state index contributed by atoms with van der Waals surface area (Å²) in [5, 5.41) is 3.75. The third-order valence-electron chi connectivity index (χ3n) is 4.83. The van der Waals surface area contributed by atoms with Crippen molar-refractivity contribution in [1.82, 2.24) is 19.3 Å².